The molecule has 0 unspecified atom stereocenters. The first-order valence-electron chi connectivity index (χ1n) is 6.19. The van der Waals surface area contributed by atoms with E-state index in [2.05, 4.69) is 5.32 Å². The molecule has 0 aromatic heterocycles. The van der Waals surface area contributed by atoms with Gasteiger partial charge in [0.15, 0.2) is 0 Å². The Balaban J connectivity index is 3.53. The largest absolute Gasteiger partial charge is 0.478 e. The van der Waals surface area contributed by atoms with E-state index in [4.69, 9.17) is 0 Å². The summed E-state index contributed by atoms with van der Waals surface area (Å²) in [7, 11) is 0. The van der Waals surface area contributed by atoms with Gasteiger partial charge in [0.25, 0.3) is 0 Å². The predicted molar refractivity (Wildman–Crippen MR) is 71.1 cm³/mol. The molecule has 1 aromatic carbocycles. The van der Waals surface area contributed by atoms with Gasteiger partial charge in [0.1, 0.15) is 0 Å². The standard InChI is InChI=1S/C14H21NO2/c1-5-10-8-9(4)13(15-7-3)11(6-2)12(10)14(16)17/h8,15H,5-7H2,1-4H3,(H,16,17). The van der Waals surface area contributed by atoms with E-state index >= 15 is 0 Å². The fourth-order valence-corrected chi connectivity index (χ4v) is 2.28. The van der Waals surface area contributed by atoms with Crippen molar-refractivity contribution in [2.24, 2.45) is 0 Å². The Kier molecular flexibility index (Phi) is 4.55. The summed E-state index contributed by atoms with van der Waals surface area (Å²) in [5, 5.41) is 12.6. The Morgan fingerprint density at radius 2 is 1.94 bits per heavy atom. The number of rotatable bonds is 5. The molecule has 3 nitrogen and oxygen atoms in total. The molecule has 2 N–H and O–H groups in total. The van der Waals surface area contributed by atoms with Gasteiger partial charge in [-0.05, 0) is 43.4 Å². The number of aryl methyl sites for hydroxylation is 2. The Morgan fingerprint density at radius 3 is 2.35 bits per heavy atom. The summed E-state index contributed by atoms with van der Waals surface area (Å²) in [5.41, 5.74) is 4.46. The van der Waals surface area contributed by atoms with E-state index in [9.17, 15) is 9.90 Å². The number of carboxylic acid groups (broad SMARTS) is 1. The molecule has 17 heavy (non-hydrogen) atoms. The summed E-state index contributed by atoms with van der Waals surface area (Å²) < 4.78 is 0. The first-order chi connectivity index (χ1) is 8.06. The topological polar surface area (TPSA) is 49.3 Å². The fraction of sp³-hybridized carbons (Fsp3) is 0.500. The molecular formula is C14H21NO2. The van der Waals surface area contributed by atoms with Crippen LogP contribution in [0, 0.1) is 6.92 Å². The van der Waals surface area contributed by atoms with Gasteiger partial charge in [0.05, 0.1) is 5.56 Å². The average Bonchev–Trinajstić information content (AvgIpc) is 2.30. The van der Waals surface area contributed by atoms with Gasteiger partial charge >= 0.3 is 5.97 Å². The zero-order valence-corrected chi connectivity index (χ0v) is 11.1. The minimum atomic E-state index is -0.821. The third-order valence-corrected chi connectivity index (χ3v) is 3.01. The van der Waals surface area contributed by atoms with Gasteiger partial charge < -0.3 is 10.4 Å². The van der Waals surface area contributed by atoms with E-state index in [1.54, 1.807) is 0 Å². The van der Waals surface area contributed by atoms with E-state index in [1.165, 1.54) is 0 Å². The summed E-state index contributed by atoms with van der Waals surface area (Å²) in [6.07, 6.45) is 1.49. The lowest BCUT2D eigenvalue weighted by molar-refractivity contribution is 0.0694. The number of benzene rings is 1. The van der Waals surface area contributed by atoms with Crippen molar-refractivity contribution in [3.05, 3.63) is 28.3 Å². The molecule has 94 valence electrons. The third kappa shape index (κ3) is 2.60. The van der Waals surface area contributed by atoms with Gasteiger partial charge in [0.2, 0.25) is 0 Å². The average molecular weight is 235 g/mol. The molecule has 1 rings (SSSR count). The molecule has 0 radical (unpaired) electrons. The van der Waals surface area contributed by atoms with Crippen LogP contribution in [0.15, 0.2) is 6.07 Å². The first kappa shape index (κ1) is 13.6. The lowest BCUT2D eigenvalue weighted by atomic mass is 9.92. The van der Waals surface area contributed by atoms with Gasteiger partial charge in [-0.25, -0.2) is 4.79 Å². The maximum atomic E-state index is 11.4. The van der Waals surface area contributed by atoms with Crippen molar-refractivity contribution >= 4 is 11.7 Å². The predicted octanol–water partition coefficient (Wildman–Crippen LogP) is 3.25. The van der Waals surface area contributed by atoms with Crippen LogP contribution in [0.25, 0.3) is 0 Å². The van der Waals surface area contributed by atoms with Crippen molar-refractivity contribution in [1.29, 1.82) is 0 Å². The molecule has 0 atom stereocenters. The van der Waals surface area contributed by atoms with Gasteiger partial charge in [-0.3, -0.25) is 0 Å². The maximum Gasteiger partial charge on any atom is 0.336 e. The molecule has 0 aliphatic rings. The number of nitrogens with one attached hydrogen (secondary N) is 1. The van der Waals surface area contributed by atoms with Gasteiger partial charge in [-0.2, -0.15) is 0 Å². The highest BCUT2D eigenvalue weighted by atomic mass is 16.4. The highest BCUT2D eigenvalue weighted by Gasteiger charge is 2.18. The molecule has 3 heteroatoms. The lowest BCUT2D eigenvalue weighted by Crippen LogP contribution is -2.12. The van der Waals surface area contributed by atoms with Crippen LogP contribution in [0.1, 0.15) is 47.8 Å². The molecule has 0 bridgehead atoms. The minimum absolute atomic E-state index is 0.483. The smallest absolute Gasteiger partial charge is 0.336 e. The van der Waals surface area contributed by atoms with E-state index in [-0.39, 0.29) is 0 Å². The summed E-state index contributed by atoms with van der Waals surface area (Å²) in [5.74, 6) is -0.821. The van der Waals surface area contributed by atoms with E-state index < -0.39 is 5.97 Å². The van der Waals surface area contributed by atoms with Crippen LogP contribution in [-0.4, -0.2) is 17.6 Å². The first-order valence-corrected chi connectivity index (χ1v) is 6.19. The highest BCUT2D eigenvalue weighted by molar-refractivity contribution is 5.93. The monoisotopic (exact) mass is 235 g/mol. The van der Waals surface area contributed by atoms with Crippen LogP contribution >= 0.6 is 0 Å². The third-order valence-electron chi connectivity index (χ3n) is 3.01. The van der Waals surface area contributed by atoms with Gasteiger partial charge in [-0.15, -0.1) is 0 Å². The zero-order chi connectivity index (χ0) is 13.0. The molecule has 0 fully saturated rings. The molecule has 0 saturated carbocycles. The second-order valence-corrected chi connectivity index (χ2v) is 4.12. The van der Waals surface area contributed by atoms with Crippen LogP contribution in [0.2, 0.25) is 0 Å². The lowest BCUT2D eigenvalue weighted by Gasteiger charge is -2.18. The summed E-state index contributed by atoms with van der Waals surface area (Å²) >= 11 is 0. The summed E-state index contributed by atoms with van der Waals surface area (Å²) in [6, 6.07) is 1.99. The number of hydrogen-bond donors (Lipinski definition) is 2. The van der Waals surface area contributed by atoms with Crippen molar-refractivity contribution < 1.29 is 9.90 Å². The van der Waals surface area contributed by atoms with Gasteiger partial charge in [-0.1, -0.05) is 19.9 Å². The normalized spacial score (nSPS) is 10.4. The van der Waals surface area contributed by atoms with Crippen molar-refractivity contribution in [1.82, 2.24) is 0 Å². The van der Waals surface area contributed by atoms with E-state index in [1.807, 2.05) is 33.8 Å². The Bertz CT molecular complexity index is 425. The van der Waals surface area contributed by atoms with Crippen LogP contribution in [0.5, 0.6) is 0 Å². The van der Waals surface area contributed by atoms with Crippen LogP contribution in [0.3, 0.4) is 0 Å². The van der Waals surface area contributed by atoms with Crippen LogP contribution < -0.4 is 5.32 Å². The number of carbonyl (C=O) groups is 1. The quantitative estimate of drug-likeness (QED) is 0.823. The Morgan fingerprint density at radius 1 is 1.29 bits per heavy atom. The Hall–Kier alpha value is -1.51. The number of hydrogen-bond acceptors (Lipinski definition) is 2. The molecule has 0 heterocycles. The number of carboxylic acids is 1. The van der Waals surface area contributed by atoms with Crippen molar-refractivity contribution in [3.8, 4) is 0 Å². The van der Waals surface area contributed by atoms with Crippen LogP contribution in [-0.2, 0) is 12.8 Å². The van der Waals surface area contributed by atoms with E-state index in [0.717, 1.165) is 41.8 Å². The second-order valence-electron chi connectivity index (χ2n) is 4.12. The molecule has 0 amide bonds. The molecule has 0 aliphatic carbocycles. The van der Waals surface area contributed by atoms with Crippen LogP contribution in [0.4, 0.5) is 5.69 Å². The van der Waals surface area contributed by atoms with Gasteiger partial charge in [0, 0.05) is 12.2 Å². The number of anilines is 1. The SMILES string of the molecule is CCNc1c(C)cc(CC)c(C(=O)O)c1CC. The van der Waals surface area contributed by atoms with Crippen molar-refractivity contribution in [2.75, 3.05) is 11.9 Å². The zero-order valence-electron chi connectivity index (χ0n) is 11.1. The molecular weight excluding hydrogens is 214 g/mol. The van der Waals surface area contributed by atoms with Crippen molar-refractivity contribution in [3.63, 3.8) is 0 Å². The molecule has 0 spiro atoms. The number of aromatic carboxylic acids is 1. The molecule has 0 aliphatic heterocycles. The Labute approximate surface area is 103 Å². The van der Waals surface area contributed by atoms with E-state index in [0.29, 0.717) is 5.56 Å². The fourth-order valence-electron chi connectivity index (χ4n) is 2.28. The van der Waals surface area contributed by atoms with Crippen molar-refractivity contribution in [2.45, 2.75) is 40.5 Å². The minimum Gasteiger partial charge on any atom is -0.478 e. The summed E-state index contributed by atoms with van der Waals surface area (Å²) in [6.45, 7) is 8.85. The summed E-state index contributed by atoms with van der Waals surface area (Å²) in [4.78, 5) is 11.4. The molecule has 1 aromatic rings. The second kappa shape index (κ2) is 5.71. The highest BCUT2D eigenvalue weighted by Crippen LogP contribution is 2.29. The maximum absolute atomic E-state index is 11.4. The molecule has 0 saturated heterocycles.